The van der Waals surface area contributed by atoms with Crippen LogP contribution in [0.2, 0.25) is 0 Å². The number of hydrogen-bond donors (Lipinski definition) is 2. The Labute approximate surface area is 112 Å². The van der Waals surface area contributed by atoms with Crippen LogP contribution in [0.3, 0.4) is 0 Å². The molecular weight excluding hydrogens is 243 g/mol. The zero-order valence-electron chi connectivity index (χ0n) is 11.1. The third-order valence-corrected chi connectivity index (χ3v) is 2.92. The van der Waals surface area contributed by atoms with Crippen molar-refractivity contribution in [1.29, 1.82) is 0 Å². The van der Waals surface area contributed by atoms with Crippen molar-refractivity contribution in [3.8, 4) is 11.5 Å². The summed E-state index contributed by atoms with van der Waals surface area (Å²) in [5, 5.41) is 18.5. The van der Waals surface area contributed by atoms with Gasteiger partial charge in [-0.1, -0.05) is 12.1 Å². The molecule has 19 heavy (non-hydrogen) atoms. The normalized spacial score (nSPS) is 11.0. The topological polar surface area (TPSA) is 69.7 Å². The first-order valence-corrected chi connectivity index (χ1v) is 6.11. The largest absolute Gasteiger partial charge is 0.488 e. The molecule has 2 N–H and O–H groups in total. The summed E-state index contributed by atoms with van der Waals surface area (Å²) in [4.78, 5) is 6.21. The zero-order valence-corrected chi connectivity index (χ0v) is 11.1. The molecule has 2 aromatic rings. The van der Waals surface area contributed by atoms with Crippen LogP contribution < -0.4 is 5.46 Å². The first-order valence-electron chi connectivity index (χ1n) is 6.11. The number of aromatic nitrogens is 1. The fourth-order valence-electron chi connectivity index (χ4n) is 1.89. The van der Waals surface area contributed by atoms with Crippen molar-refractivity contribution in [2.45, 2.75) is 6.42 Å². The fraction of sp³-hybridized carbons (Fsp3) is 0.308. The standard InChI is InChI=1S/C13H17BN2O3/c1-16(2)7-5-10-9-11(14(17)18)3-4-12(10)13-15-6-8-19-13/h3-4,6,8-9,17-18H,5,7H2,1-2H3. The number of oxazole rings is 1. The minimum absolute atomic E-state index is 0.476. The van der Waals surface area contributed by atoms with Crippen molar-refractivity contribution in [1.82, 2.24) is 9.88 Å². The van der Waals surface area contributed by atoms with Crippen molar-refractivity contribution < 1.29 is 14.5 Å². The van der Waals surface area contributed by atoms with Gasteiger partial charge in [-0.05, 0) is 37.6 Å². The molecule has 1 aromatic carbocycles. The highest BCUT2D eigenvalue weighted by molar-refractivity contribution is 6.58. The maximum Gasteiger partial charge on any atom is 0.488 e. The first-order chi connectivity index (χ1) is 9.08. The lowest BCUT2D eigenvalue weighted by Gasteiger charge is -2.13. The molecular formula is C13H17BN2O3. The van der Waals surface area contributed by atoms with Crippen molar-refractivity contribution in [2.75, 3.05) is 20.6 Å². The maximum absolute atomic E-state index is 9.25. The summed E-state index contributed by atoms with van der Waals surface area (Å²) in [6.45, 7) is 0.860. The van der Waals surface area contributed by atoms with Gasteiger partial charge in [0.05, 0.1) is 6.20 Å². The van der Waals surface area contributed by atoms with Crippen molar-refractivity contribution in [2.24, 2.45) is 0 Å². The van der Waals surface area contributed by atoms with Crippen LogP contribution in [-0.2, 0) is 6.42 Å². The van der Waals surface area contributed by atoms with E-state index in [4.69, 9.17) is 4.42 Å². The van der Waals surface area contributed by atoms with Crippen LogP contribution in [0.25, 0.3) is 11.5 Å². The van der Waals surface area contributed by atoms with Crippen LogP contribution >= 0.6 is 0 Å². The predicted molar refractivity (Wildman–Crippen MR) is 74.0 cm³/mol. The van der Waals surface area contributed by atoms with E-state index in [-0.39, 0.29) is 0 Å². The van der Waals surface area contributed by atoms with Gasteiger partial charge in [0.1, 0.15) is 6.26 Å². The number of benzene rings is 1. The molecule has 5 nitrogen and oxygen atoms in total. The average Bonchev–Trinajstić information content (AvgIpc) is 2.89. The summed E-state index contributed by atoms with van der Waals surface area (Å²) in [6, 6.07) is 5.27. The molecule has 2 rings (SSSR count). The van der Waals surface area contributed by atoms with Crippen molar-refractivity contribution in [3.63, 3.8) is 0 Å². The third-order valence-electron chi connectivity index (χ3n) is 2.92. The van der Waals surface area contributed by atoms with Crippen molar-refractivity contribution >= 4 is 12.6 Å². The number of nitrogens with zero attached hydrogens (tertiary/aromatic N) is 2. The Hall–Kier alpha value is -1.63. The van der Waals surface area contributed by atoms with Crippen LogP contribution in [0.5, 0.6) is 0 Å². The molecule has 1 aromatic heterocycles. The van der Waals surface area contributed by atoms with Gasteiger partial charge in [-0.3, -0.25) is 0 Å². The van der Waals surface area contributed by atoms with E-state index >= 15 is 0 Å². The summed E-state index contributed by atoms with van der Waals surface area (Å²) in [7, 11) is 2.53. The van der Waals surface area contributed by atoms with Crippen LogP contribution in [0, 0.1) is 0 Å². The molecule has 0 amide bonds. The van der Waals surface area contributed by atoms with Crippen LogP contribution in [0.1, 0.15) is 5.56 Å². The predicted octanol–water partition coefficient (Wildman–Crippen LogP) is 0.125. The Morgan fingerprint density at radius 3 is 2.68 bits per heavy atom. The van der Waals surface area contributed by atoms with E-state index in [0.717, 1.165) is 24.1 Å². The monoisotopic (exact) mass is 260 g/mol. The van der Waals surface area contributed by atoms with E-state index in [1.54, 1.807) is 18.3 Å². The highest BCUT2D eigenvalue weighted by Gasteiger charge is 2.16. The van der Waals surface area contributed by atoms with Gasteiger partial charge < -0.3 is 19.4 Å². The first kappa shape index (κ1) is 13.8. The highest BCUT2D eigenvalue weighted by atomic mass is 16.4. The molecule has 0 saturated carbocycles. The lowest BCUT2D eigenvalue weighted by molar-refractivity contribution is 0.413. The molecule has 0 radical (unpaired) electrons. The molecule has 0 spiro atoms. The summed E-state index contributed by atoms with van der Waals surface area (Å²) >= 11 is 0. The van der Waals surface area contributed by atoms with Gasteiger partial charge in [0.25, 0.3) is 0 Å². The Morgan fingerprint density at radius 1 is 1.32 bits per heavy atom. The van der Waals surface area contributed by atoms with Gasteiger partial charge >= 0.3 is 7.12 Å². The molecule has 0 fully saturated rings. The Morgan fingerprint density at radius 2 is 2.11 bits per heavy atom. The molecule has 0 unspecified atom stereocenters. The maximum atomic E-state index is 9.25. The van der Waals surface area contributed by atoms with Gasteiger partial charge in [-0.25, -0.2) is 4.98 Å². The molecule has 0 aliphatic heterocycles. The Kier molecular flexibility index (Phi) is 4.37. The van der Waals surface area contributed by atoms with Gasteiger partial charge in [0.2, 0.25) is 5.89 Å². The fourth-order valence-corrected chi connectivity index (χ4v) is 1.89. The Balaban J connectivity index is 2.36. The van der Waals surface area contributed by atoms with Gasteiger partial charge in [0, 0.05) is 12.1 Å². The number of likely N-dealkylation sites (N-methyl/N-ethyl adjacent to an activating group) is 1. The van der Waals surface area contributed by atoms with E-state index < -0.39 is 7.12 Å². The van der Waals surface area contributed by atoms with E-state index in [9.17, 15) is 10.0 Å². The minimum atomic E-state index is -1.46. The van der Waals surface area contributed by atoms with E-state index in [2.05, 4.69) is 9.88 Å². The summed E-state index contributed by atoms with van der Waals surface area (Å²) in [5.41, 5.74) is 2.35. The lowest BCUT2D eigenvalue weighted by Crippen LogP contribution is -2.30. The second-order valence-corrected chi connectivity index (χ2v) is 4.68. The second kappa shape index (κ2) is 6.01. The third kappa shape index (κ3) is 3.44. The molecule has 6 heteroatoms. The van der Waals surface area contributed by atoms with Crippen LogP contribution in [0.4, 0.5) is 0 Å². The van der Waals surface area contributed by atoms with E-state index in [1.165, 1.54) is 6.26 Å². The Bertz CT molecular complexity index is 527. The number of hydrogen-bond acceptors (Lipinski definition) is 5. The molecule has 0 atom stereocenters. The second-order valence-electron chi connectivity index (χ2n) is 4.68. The molecule has 0 aliphatic carbocycles. The van der Waals surface area contributed by atoms with Crippen LogP contribution in [0.15, 0.2) is 35.1 Å². The lowest BCUT2D eigenvalue weighted by atomic mass is 9.78. The van der Waals surface area contributed by atoms with Crippen molar-refractivity contribution in [3.05, 3.63) is 36.2 Å². The smallest absolute Gasteiger partial charge is 0.445 e. The molecule has 1 heterocycles. The molecule has 0 bridgehead atoms. The molecule has 0 aliphatic rings. The number of rotatable bonds is 5. The highest BCUT2D eigenvalue weighted by Crippen LogP contribution is 2.21. The van der Waals surface area contributed by atoms with Gasteiger partial charge in [-0.2, -0.15) is 0 Å². The SMILES string of the molecule is CN(C)CCc1cc(B(O)O)ccc1-c1ncco1. The molecule has 0 saturated heterocycles. The zero-order chi connectivity index (χ0) is 13.8. The summed E-state index contributed by atoms with van der Waals surface area (Å²) in [6.07, 6.45) is 3.91. The van der Waals surface area contributed by atoms with E-state index in [1.807, 2.05) is 20.2 Å². The minimum Gasteiger partial charge on any atom is -0.445 e. The summed E-state index contributed by atoms with van der Waals surface area (Å²) < 4.78 is 5.32. The van der Waals surface area contributed by atoms with E-state index in [0.29, 0.717) is 11.4 Å². The average molecular weight is 260 g/mol. The van der Waals surface area contributed by atoms with Gasteiger partial charge in [0.15, 0.2) is 0 Å². The molecule has 100 valence electrons. The summed E-state index contributed by atoms with van der Waals surface area (Å²) in [5.74, 6) is 0.549. The van der Waals surface area contributed by atoms with Crippen LogP contribution in [-0.4, -0.2) is 47.7 Å². The quantitative estimate of drug-likeness (QED) is 0.747. The van der Waals surface area contributed by atoms with Gasteiger partial charge in [-0.15, -0.1) is 0 Å².